The maximum Gasteiger partial charge on any atom is 0.314 e. The van der Waals surface area contributed by atoms with Crippen molar-refractivity contribution in [2.75, 3.05) is 31.2 Å². The molecule has 108 valence electrons. The summed E-state index contributed by atoms with van der Waals surface area (Å²) in [7, 11) is 0. The summed E-state index contributed by atoms with van der Waals surface area (Å²) in [6.45, 7) is 5.14. The van der Waals surface area contributed by atoms with Gasteiger partial charge in [-0.15, -0.1) is 0 Å². The van der Waals surface area contributed by atoms with Crippen LogP contribution in [0.25, 0.3) is 0 Å². The second kappa shape index (κ2) is 5.09. The third kappa shape index (κ3) is 2.08. The number of anilines is 1. The van der Waals surface area contributed by atoms with Gasteiger partial charge >= 0.3 is 5.97 Å². The lowest BCUT2D eigenvalue weighted by Gasteiger charge is -2.42. The van der Waals surface area contributed by atoms with E-state index in [2.05, 4.69) is 23.1 Å². The lowest BCUT2D eigenvalue weighted by atomic mass is 9.63. The van der Waals surface area contributed by atoms with Gasteiger partial charge in [0, 0.05) is 18.8 Å². The molecule has 3 rings (SSSR count). The maximum atomic E-state index is 11.8. The van der Waals surface area contributed by atoms with E-state index in [-0.39, 0.29) is 0 Å². The fraction of sp³-hybridized carbons (Fsp3) is 0.562. The van der Waals surface area contributed by atoms with E-state index in [0.29, 0.717) is 13.2 Å². The van der Waals surface area contributed by atoms with Crippen LogP contribution < -0.4 is 4.90 Å². The molecule has 4 heteroatoms. The average molecular weight is 275 g/mol. The van der Waals surface area contributed by atoms with E-state index in [4.69, 9.17) is 4.74 Å². The van der Waals surface area contributed by atoms with E-state index >= 15 is 0 Å². The molecular weight excluding hydrogens is 254 g/mol. The first-order valence-corrected chi connectivity index (χ1v) is 7.31. The van der Waals surface area contributed by atoms with Crippen molar-refractivity contribution in [3.8, 4) is 0 Å². The minimum absolute atomic E-state index is 0.667. The van der Waals surface area contributed by atoms with Gasteiger partial charge in [-0.1, -0.05) is 24.1 Å². The molecule has 1 aromatic rings. The van der Waals surface area contributed by atoms with E-state index in [1.165, 1.54) is 0 Å². The van der Waals surface area contributed by atoms with Gasteiger partial charge in [0.2, 0.25) is 0 Å². The largest absolute Gasteiger partial charge is 0.481 e. The summed E-state index contributed by atoms with van der Waals surface area (Å²) >= 11 is 0. The van der Waals surface area contributed by atoms with Gasteiger partial charge in [0.15, 0.2) is 0 Å². The fourth-order valence-corrected chi connectivity index (χ4v) is 3.24. The average Bonchev–Trinajstić information content (AvgIpc) is 2.38. The number of carboxylic acids is 1. The molecule has 0 spiro atoms. The van der Waals surface area contributed by atoms with Crippen LogP contribution in [0.3, 0.4) is 0 Å². The van der Waals surface area contributed by atoms with Crippen molar-refractivity contribution in [3.05, 3.63) is 29.3 Å². The van der Waals surface area contributed by atoms with Crippen LogP contribution in [0.5, 0.6) is 0 Å². The van der Waals surface area contributed by atoms with Crippen LogP contribution in [0, 0.1) is 6.92 Å². The second-order valence-electron chi connectivity index (χ2n) is 5.86. The van der Waals surface area contributed by atoms with Gasteiger partial charge in [0.05, 0.1) is 18.6 Å². The number of carbonyl (C=O) groups is 1. The van der Waals surface area contributed by atoms with Gasteiger partial charge in [-0.2, -0.15) is 0 Å². The summed E-state index contributed by atoms with van der Waals surface area (Å²) in [4.78, 5) is 14.1. The smallest absolute Gasteiger partial charge is 0.314 e. The van der Waals surface area contributed by atoms with Crippen LogP contribution in [0.2, 0.25) is 0 Å². The molecule has 0 bridgehead atoms. The van der Waals surface area contributed by atoms with Crippen LogP contribution >= 0.6 is 0 Å². The topological polar surface area (TPSA) is 49.8 Å². The van der Waals surface area contributed by atoms with Gasteiger partial charge in [-0.05, 0) is 31.4 Å². The number of carboxylic acid groups (broad SMARTS) is 1. The van der Waals surface area contributed by atoms with Gasteiger partial charge in [0.1, 0.15) is 0 Å². The van der Waals surface area contributed by atoms with Crippen LogP contribution in [0.4, 0.5) is 5.69 Å². The van der Waals surface area contributed by atoms with E-state index < -0.39 is 11.4 Å². The van der Waals surface area contributed by atoms with Crippen molar-refractivity contribution in [1.29, 1.82) is 0 Å². The van der Waals surface area contributed by atoms with Crippen molar-refractivity contribution in [2.24, 2.45) is 0 Å². The standard InChI is InChI=1S/C16H21NO3/c1-12-3-4-14(17-7-9-20-10-8-17)13(11-12)16(15(18)19)5-2-6-16/h3-4,11H,2,5-10H2,1H3,(H,18,19). The zero-order valence-electron chi connectivity index (χ0n) is 11.9. The van der Waals surface area contributed by atoms with Crippen molar-refractivity contribution < 1.29 is 14.6 Å². The highest BCUT2D eigenvalue weighted by atomic mass is 16.5. The van der Waals surface area contributed by atoms with Crippen molar-refractivity contribution in [2.45, 2.75) is 31.6 Å². The van der Waals surface area contributed by atoms with Crippen molar-refractivity contribution in [3.63, 3.8) is 0 Å². The third-order valence-electron chi connectivity index (χ3n) is 4.64. The first kappa shape index (κ1) is 13.4. The zero-order chi connectivity index (χ0) is 14.2. The molecule has 2 fully saturated rings. The predicted molar refractivity (Wildman–Crippen MR) is 77.4 cm³/mol. The third-order valence-corrected chi connectivity index (χ3v) is 4.64. The molecule has 1 saturated heterocycles. The Balaban J connectivity index is 2.04. The number of aryl methyl sites for hydroxylation is 1. The maximum absolute atomic E-state index is 11.8. The number of nitrogens with zero attached hydrogens (tertiary/aromatic N) is 1. The van der Waals surface area contributed by atoms with Crippen molar-refractivity contribution in [1.82, 2.24) is 0 Å². The van der Waals surface area contributed by atoms with Crippen LogP contribution in [0.15, 0.2) is 18.2 Å². The van der Waals surface area contributed by atoms with Crippen LogP contribution in [-0.2, 0) is 14.9 Å². The lowest BCUT2D eigenvalue weighted by Crippen LogP contribution is -2.45. The van der Waals surface area contributed by atoms with E-state index in [1.807, 2.05) is 6.92 Å². The SMILES string of the molecule is Cc1ccc(N2CCOCC2)c(C2(C(=O)O)CCC2)c1. The monoisotopic (exact) mass is 275 g/mol. The molecule has 1 saturated carbocycles. The molecule has 1 aliphatic carbocycles. The summed E-state index contributed by atoms with van der Waals surface area (Å²) in [6, 6.07) is 6.22. The second-order valence-corrected chi connectivity index (χ2v) is 5.86. The van der Waals surface area contributed by atoms with Crippen molar-refractivity contribution >= 4 is 11.7 Å². The molecule has 1 N–H and O–H groups in total. The minimum Gasteiger partial charge on any atom is -0.481 e. The molecular formula is C16H21NO3. The lowest BCUT2D eigenvalue weighted by molar-refractivity contribution is -0.147. The van der Waals surface area contributed by atoms with Gasteiger partial charge in [-0.25, -0.2) is 0 Å². The Hall–Kier alpha value is -1.55. The summed E-state index contributed by atoms with van der Waals surface area (Å²) in [6.07, 6.45) is 2.51. The molecule has 0 atom stereocenters. The molecule has 0 unspecified atom stereocenters. The first-order valence-electron chi connectivity index (χ1n) is 7.31. The minimum atomic E-state index is -0.677. The number of benzene rings is 1. The Morgan fingerprint density at radius 2 is 2.00 bits per heavy atom. The van der Waals surface area contributed by atoms with Crippen LogP contribution in [0.1, 0.15) is 30.4 Å². The highest BCUT2D eigenvalue weighted by Gasteiger charge is 2.47. The molecule has 0 amide bonds. The first-order chi connectivity index (χ1) is 9.63. The van der Waals surface area contributed by atoms with E-state index in [9.17, 15) is 9.90 Å². The van der Waals surface area contributed by atoms with Gasteiger partial charge in [0.25, 0.3) is 0 Å². The highest BCUT2D eigenvalue weighted by Crippen LogP contribution is 2.47. The summed E-state index contributed by atoms with van der Waals surface area (Å²) in [5.41, 5.74) is 2.54. The van der Waals surface area contributed by atoms with Crippen LogP contribution in [-0.4, -0.2) is 37.4 Å². The number of aliphatic carboxylic acids is 1. The Kier molecular flexibility index (Phi) is 3.42. The Labute approximate surface area is 119 Å². The number of ether oxygens (including phenoxy) is 1. The molecule has 0 aromatic heterocycles. The molecule has 20 heavy (non-hydrogen) atoms. The molecule has 1 aliphatic heterocycles. The number of hydrogen-bond donors (Lipinski definition) is 1. The summed E-state index contributed by atoms with van der Waals surface area (Å²) in [5.74, 6) is -0.677. The Morgan fingerprint density at radius 1 is 1.30 bits per heavy atom. The normalized spacial score (nSPS) is 21.4. The quantitative estimate of drug-likeness (QED) is 0.920. The molecule has 1 heterocycles. The number of morpholine rings is 1. The molecule has 0 radical (unpaired) electrons. The molecule has 2 aliphatic rings. The summed E-state index contributed by atoms with van der Waals surface area (Å²) in [5, 5.41) is 9.71. The highest BCUT2D eigenvalue weighted by molar-refractivity contribution is 5.85. The molecule has 1 aromatic carbocycles. The fourth-order valence-electron chi connectivity index (χ4n) is 3.24. The van der Waals surface area contributed by atoms with Gasteiger partial charge in [-0.3, -0.25) is 4.79 Å². The van der Waals surface area contributed by atoms with Gasteiger partial charge < -0.3 is 14.7 Å². The predicted octanol–water partition coefficient (Wildman–Crippen LogP) is 2.34. The zero-order valence-corrected chi connectivity index (χ0v) is 11.9. The number of rotatable bonds is 3. The number of hydrogen-bond acceptors (Lipinski definition) is 3. The van der Waals surface area contributed by atoms with E-state index in [1.54, 1.807) is 0 Å². The van der Waals surface area contributed by atoms with E-state index in [0.717, 1.165) is 49.2 Å². The molecule has 4 nitrogen and oxygen atoms in total. The summed E-state index contributed by atoms with van der Waals surface area (Å²) < 4.78 is 5.40. The Morgan fingerprint density at radius 3 is 2.55 bits per heavy atom. The Bertz CT molecular complexity index is 516.